The van der Waals surface area contributed by atoms with Gasteiger partial charge in [-0.15, -0.1) is 6.42 Å². The molecule has 0 radical (unpaired) electrons. The van der Waals surface area contributed by atoms with Crippen LogP contribution in [0.3, 0.4) is 0 Å². The Hall–Kier alpha value is -4.15. The summed E-state index contributed by atoms with van der Waals surface area (Å²) in [6.07, 6.45) is 15.3. The third-order valence-electron chi connectivity index (χ3n) is 11.7. The van der Waals surface area contributed by atoms with E-state index >= 15 is 4.39 Å². The average molecular weight is 714 g/mol. The van der Waals surface area contributed by atoms with E-state index in [4.69, 9.17) is 25.6 Å². The molecule has 1 aliphatic carbocycles. The van der Waals surface area contributed by atoms with Crippen molar-refractivity contribution in [1.82, 2.24) is 19.9 Å². The Bertz CT molecular complexity index is 2000. The number of nitrogens with zero attached hydrogens (tertiary/aromatic N) is 5. The highest BCUT2D eigenvalue weighted by molar-refractivity contribution is 6.03. The van der Waals surface area contributed by atoms with Crippen LogP contribution in [-0.4, -0.2) is 101 Å². The topological polar surface area (TPSA) is 113 Å². The molecule has 3 saturated heterocycles. The number of piperidine rings is 1. The minimum absolute atomic E-state index is 0.0358. The highest BCUT2D eigenvalue weighted by Gasteiger charge is 2.48. The second kappa shape index (κ2) is 14.7. The van der Waals surface area contributed by atoms with Crippen LogP contribution in [0, 0.1) is 35.3 Å². The smallest absolute Gasteiger partial charge is 0.319 e. The molecule has 0 bridgehead atoms. The van der Waals surface area contributed by atoms with Gasteiger partial charge in [0.05, 0.1) is 36.9 Å². The molecule has 5 heterocycles. The first-order valence-corrected chi connectivity index (χ1v) is 18.6. The molecular weight excluding hydrogens is 668 g/mol. The molecule has 3 atom stereocenters. The number of likely N-dealkylation sites (tertiary alicyclic amines) is 1. The van der Waals surface area contributed by atoms with Crippen molar-refractivity contribution in [1.29, 1.82) is 0 Å². The van der Waals surface area contributed by atoms with Gasteiger partial charge in [0.1, 0.15) is 28.6 Å². The van der Waals surface area contributed by atoms with Gasteiger partial charge >= 0.3 is 6.01 Å². The van der Waals surface area contributed by atoms with Crippen molar-refractivity contribution in [2.45, 2.75) is 63.5 Å². The summed E-state index contributed by atoms with van der Waals surface area (Å²) in [6, 6.07) is 5.92. The summed E-state index contributed by atoms with van der Waals surface area (Å²) in [4.78, 5) is 18.5. The van der Waals surface area contributed by atoms with Crippen LogP contribution in [0.2, 0.25) is 0 Å². The number of terminal acetylenes is 1. The molecule has 1 saturated carbocycles. The third-order valence-corrected chi connectivity index (χ3v) is 11.7. The summed E-state index contributed by atoms with van der Waals surface area (Å²) in [6.45, 7) is 5.41. The zero-order valence-corrected chi connectivity index (χ0v) is 29.3. The maximum absolute atomic E-state index is 17.0. The van der Waals surface area contributed by atoms with Crippen LogP contribution in [0.15, 0.2) is 30.5 Å². The van der Waals surface area contributed by atoms with Gasteiger partial charge in [-0.2, -0.15) is 9.97 Å². The normalized spacial score (nSPS) is 24.5. The lowest BCUT2D eigenvalue weighted by molar-refractivity contribution is -0.00679. The molecule has 4 aliphatic rings. The fraction of sp³-hybridized carbons (Fsp3) is 0.525. The first-order valence-electron chi connectivity index (χ1n) is 18.6. The number of halogens is 2. The Kier molecular flexibility index (Phi) is 9.87. The molecule has 274 valence electrons. The van der Waals surface area contributed by atoms with Gasteiger partial charge in [0.2, 0.25) is 0 Å². The average Bonchev–Trinajstić information content (AvgIpc) is 3.48. The summed E-state index contributed by atoms with van der Waals surface area (Å²) in [5.74, 6) is 1.89. The van der Waals surface area contributed by atoms with Gasteiger partial charge in [-0.3, -0.25) is 9.88 Å². The maximum Gasteiger partial charge on any atom is 0.319 e. The lowest BCUT2D eigenvalue weighted by Gasteiger charge is -2.46. The van der Waals surface area contributed by atoms with Crippen molar-refractivity contribution in [3.05, 3.63) is 47.7 Å². The summed E-state index contributed by atoms with van der Waals surface area (Å²) >= 11 is 0. The predicted octanol–water partition coefficient (Wildman–Crippen LogP) is 5.84. The van der Waals surface area contributed by atoms with Gasteiger partial charge in [-0.1, -0.05) is 18.4 Å². The van der Waals surface area contributed by atoms with E-state index in [1.54, 1.807) is 0 Å². The number of phenolic OH excluding ortho intramolecular Hbond substituents is 1. The number of ether oxygens (including phenoxy) is 3. The molecule has 8 rings (SSSR count). The highest BCUT2D eigenvalue weighted by atomic mass is 19.1. The van der Waals surface area contributed by atoms with Crippen molar-refractivity contribution < 1.29 is 33.2 Å². The SMILES string of the molecule is C#Cc1c(F)ccc2cc(O)cc(-c3ncc4c(N5CCOCC(O)C5)nc(OCC56CCCC5N(CCC5CCOCC5)CCC6)nc4c3F)c12. The number of anilines is 1. The summed E-state index contributed by atoms with van der Waals surface area (Å²) < 4.78 is 49.6. The number of aliphatic hydroxyl groups excluding tert-OH is 1. The van der Waals surface area contributed by atoms with Crippen LogP contribution < -0.4 is 9.64 Å². The molecule has 4 fully saturated rings. The van der Waals surface area contributed by atoms with E-state index in [1.165, 1.54) is 36.9 Å². The maximum atomic E-state index is 17.0. The van der Waals surface area contributed by atoms with Crippen LogP contribution in [0.1, 0.15) is 56.9 Å². The fourth-order valence-electron chi connectivity index (χ4n) is 9.12. The zero-order valence-electron chi connectivity index (χ0n) is 29.3. The van der Waals surface area contributed by atoms with Gasteiger partial charge in [0.15, 0.2) is 5.82 Å². The molecule has 3 aliphatic heterocycles. The third kappa shape index (κ3) is 6.64. The number of β-amino-alcohol motifs (C(OH)–C–C–N with tert-alkyl or cyclic N) is 1. The number of rotatable bonds is 8. The Morgan fingerprint density at radius 3 is 2.73 bits per heavy atom. The van der Waals surface area contributed by atoms with Gasteiger partial charge in [0, 0.05) is 54.9 Å². The van der Waals surface area contributed by atoms with Crippen LogP contribution in [0.4, 0.5) is 14.6 Å². The van der Waals surface area contributed by atoms with Crippen molar-refractivity contribution in [3.63, 3.8) is 0 Å². The van der Waals surface area contributed by atoms with E-state index in [1.807, 2.05) is 4.90 Å². The van der Waals surface area contributed by atoms with Crippen molar-refractivity contribution >= 4 is 27.5 Å². The lowest BCUT2D eigenvalue weighted by atomic mass is 9.75. The van der Waals surface area contributed by atoms with Crippen molar-refractivity contribution in [2.75, 3.05) is 64.1 Å². The molecule has 12 heteroatoms. The number of aliphatic hydroxyl groups is 1. The molecule has 2 N–H and O–H groups in total. The molecule has 10 nitrogen and oxygen atoms in total. The number of fused-ring (bicyclic) bond motifs is 3. The Labute approximate surface area is 302 Å². The van der Waals surface area contributed by atoms with Crippen LogP contribution in [0.5, 0.6) is 11.8 Å². The Morgan fingerprint density at radius 2 is 1.88 bits per heavy atom. The number of phenols is 1. The summed E-state index contributed by atoms with van der Waals surface area (Å²) in [5.41, 5.74) is -0.163. The Morgan fingerprint density at radius 1 is 1.04 bits per heavy atom. The number of aromatic hydroxyl groups is 1. The van der Waals surface area contributed by atoms with E-state index in [9.17, 15) is 14.6 Å². The van der Waals surface area contributed by atoms with E-state index in [0.717, 1.165) is 71.2 Å². The first-order chi connectivity index (χ1) is 25.3. The minimum atomic E-state index is -0.786. The first kappa shape index (κ1) is 34.9. The molecule has 4 aromatic rings. The van der Waals surface area contributed by atoms with Gasteiger partial charge in [-0.05, 0) is 87.5 Å². The minimum Gasteiger partial charge on any atom is -0.508 e. The summed E-state index contributed by atoms with van der Waals surface area (Å²) in [5, 5.41) is 22.3. The largest absolute Gasteiger partial charge is 0.508 e. The lowest BCUT2D eigenvalue weighted by Crippen LogP contribution is -2.52. The monoisotopic (exact) mass is 713 g/mol. The highest BCUT2D eigenvalue weighted by Crippen LogP contribution is 2.48. The van der Waals surface area contributed by atoms with Gasteiger partial charge in [0.25, 0.3) is 0 Å². The van der Waals surface area contributed by atoms with Gasteiger partial charge in [-0.25, -0.2) is 8.78 Å². The van der Waals surface area contributed by atoms with Crippen molar-refractivity contribution in [2.24, 2.45) is 11.3 Å². The molecular formula is C40H45F2N5O5. The molecule has 2 aromatic heterocycles. The predicted molar refractivity (Wildman–Crippen MR) is 193 cm³/mol. The number of hydrogen-bond acceptors (Lipinski definition) is 10. The van der Waals surface area contributed by atoms with Crippen LogP contribution in [-0.2, 0) is 9.47 Å². The molecule has 2 aromatic carbocycles. The second-order valence-electron chi connectivity index (χ2n) is 14.9. The molecule has 3 unspecified atom stereocenters. The number of hydrogen-bond donors (Lipinski definition) is 2. The van der Waals surface area contributed by atoms with Crippen LogP contribution >= 0.6 is 0 Å². The standard InChI is InChI=1S/C40H45F2N5O5/c1-2-29-32(41)7-6-26-19-27(48)20-30(34(26)29)36-35(42)37-31(21-43-36)38(47-15-18-51-23-28(49)22-47)45-39(44-37)52-24-40-11-3-5-33(40)46(13-4-12-40)14-8-25-9-16-50-17-10-25/h1,6-7,19-21,25,28,33,48-49H,3-5,8-18,22-24H2. The quantitative estimate of drug-likeness (QED) is 0.216. The number of benzene rings is 2. The molecule has 52 heavy (non-hydrogen) atoms. The molecule has 0 amide bonds. The van der Waals surface area contributed by atoms with E-state index in [-0.39, 0.29) is 58.1 Å². The second-order valence-corrected chi connectivity index (χ2v) is 14.9. The van der Waals surface area contributed by atoms with E-state index in [2.05, 4.69) is 20.8 Å². The van der Waals surface area contributed by atoms with E-state index in [0.29, 0.717) is 48.3 Å². The number of pyridine rings is 1. The molecule has 0 spiro atoms. The van der Waals surface area contributed by atoms with Crippen molar-refractivity contribution in [3.8, 4) is 35.4 Å². The Balaban J connectivity index is 1.17. The van der Waals surface area contributed by atoms with Crippen LogP contribution in [0.25, 0.3) is 32.9 Å². The fourth-order valence-corrected chi connectivity index (χ4v) is 9.12. The zero-order chi connectivity index (χ0) is 35.8. The van der Waals surface area contributed by atoms with Gasteiger partial charge < -0.3 is 29.3 Å². The summed E-state index contributed by atoms with van der Waals surface area (Å²) in [7, 11) is 0. The number of aromatic nitrogens is 3. The van der Waals surface area contributed by atoms with E-state index < -0.39 is 17.7 Å².